The van der Waals surface area contributed by atoms with Gasteiger partial charge in [-0.1, -0.05) is 5.16 Å². The highest BCUT2D eigenvalue weighted by molar-refractivity contribution is 5.89. The van der Waals surface area contributed by atoms with E-state index in [1.807, 2.05) is 0 Å². The lowest BCUT2D eigenvalue weighted by Crippen LogP contribution is -2.31. The second-order valence-electron chi connectivity index (χ2n) is 6.21. The number of carbonyl (C=O) groups excluding carboxylic acids is 1. The molecule has 0 saturated heterocycles. The summed E-state index contributed by atoms with van der Waals surface area (Å²) in [5, 5.41) is 15.2. The Morgan fingerprint density at radius 1 is 1.25 bits per heavy atom. The fourth-order valence-corrected chi connectivity index (χ4v) is 2.85. The molecule has 0 bridgehead atoms. The number of carbonyl (C=O) groups is 1. The topological polar surface area (TPSA) is 108 Å². The number of benzene rings is 1. The number of aromatic nitrogens is 5. The third kappa shape index (κ3) is 3.15. The van der Waals surface area contributed by atoms with Gasteiger partial charge >= 0.3 is 0 Å². The van der Waals surface area contributed by atoms with E-state index in [2.05, 4.69) is 20.7 Å². The Morgan fingerprint density at radius 2 is 2.00 bits per heavy atom. The lowest BCUT2D eigenvalue weighted by molar-refractivity contribution is -0.117. The van der Waals surface area contributed by atoms with Crippen LogP contribution in [0.1, 0.15) is 11.5 Å². The first-order valence-electron chi connectivity index (χ1n) is 8.37. The van der Waals surface area contributed by atoms with Crippen molar-refractivity contribution < 1.29 is 13.7 Å². The second kappa shape index (κ2) is 6.72. The van der Waals surface area contributed by atoms with Crippen LogP contribution in [-0.4, -0.2) is 30.6 Å². The van der Waals surface area contributed by atoms with Crippen molar-refractivity contribution in [3.8, 4) is 5.69 Å². The van der Waals surface area contributed by atoms with E-state index >= 15 is 0 Å². The molecule has 0 aliphatic rings. The Hall–Kier alpha value is -3.82. The van der Waals surface area contributed by atoms with E-state index in [-0.39, 0.29) is 17.9 Å². The van der Waals surface area contributed by atoms with Crippen LogP contribution in [0.4, 0.5) is 10.2 Å². The zero-order valence-corrected chi connectivity index (χ0v) is 15.0. The van der Waals surface area contributed by atoms with E-state index in [4.69, 9.17) is 4.52 Å². The van der Waals surface area contributed by atoms with Gasteiger partial charge in [0, 0.05) is 11.5 Å². The van der Waals surface area contributed by atoms with Gasteiger partial charge in [-0.2, -0.15) is 10.2 Å². The van der Waals surface area contributed by atoms with Crippen molar-refractivity contribution >= 4 is 22.6 Å². The number of rotatable bonds is 4. The molecule has 0 aliphatic heterocycles. The number of anilines is 1. The standard InChI is InChI=1S/C18H15FN6O3/c1-10-7-15(23-28-10)21-16(26)9-24-18(27)17-14(11(2)22-24)8-20-25(17)13-5-3-12(19)4-6-13/h3-8H,9H2,1-2H3,(H,21,23,26). The summed E-state index contributed by atoms with van der Waals surface area (Å²) in [4.78, 5) is 25.2. The number of nitrogens with one attached hydrogen (secondary N) is 1. The molecule has 1 N–H and O–H groups in total. The maximum atomic E-state index is 13.2. The Kier molecular flexibility index (Phi) is 4.22. The third-order valence-electron chi connectivity index (χ3n) is 4.13. The van der Waals surface area contributed by atoms with Crippen LogP contribution < -0.4 is 10.9 Å². The largest absolute Gasteiger partial charge is 0.360 e. The molecule has 3 heterocycles. The summed E-state index contributed by atoms with van der Waals surface area (Å²) in [6.07, 6.45) is 1.52. The fraction of sp³-hybridized carbons (Fsp3) is 0.167. The summed E-state index contributed by atoms with van der Waals surface area (Å²) in [5.74, 6) is -0.0690. The predicted octanol–water partition coefficient (Wildman–Crippen LogP) is 1.96. The normalized spacial score (nSPS) is 11.1. The van der Waals surface area contributed by atoms with Crippen LogP contribution in [0.25, 0.3) is 16.6 Å². The van der Waals surface area contributed by atoms with Crippen LogP contribution in [0.15, 0.2) is 45.8 Å². The van der Waals surface area contributed by atoms with Crippen molar-refractivity contribution in [3.05, 3.63) is 64.2 Å². The van der Waals surface area contributed by atoms with Crippen molar-refractivity contribution in [2.75, 3.05) is 5.32 Å². The average Bonchev–Trinajstić information content (AvgIpc) is 3.27. The van der Waals surface area contributed by atoms with E-state index in [1.54, 1.807) is 19.9 Å². The predicted molar refractivity (Wildman–Crippen MR) is 97.7 cm³/mol. The molecule has 142 valence electrons. The maximum Gasteiger partial charge on any atom is 0.293 e. The van der Waals surface area contributed by atoms with Crippen LogP contribution in [0, 0.1) is 19.7 Å². The number of nitrogens with zero attached hydrogens (tertiary/aromatic N) is 5. The first-order chi connectivity index (χ1) is 13.4. The Bertz CT molecular complexity index is 1240. The SMILES string of the molecule is Cc1cc(NC(=O)Cn2nc(C)c3cnn(-c4ccc(F)cc4)c3c2=O)no1. The Balaban J connectivity index is 1.72. The molecule has 0 aliphatic carbocycles. The number of hydrogen-bond donors (Lipinski definition) is 1. The minimum Gasteiger partial charge on any atom is -0.360 e. The molecule has 3 aromatic heterocycles. The molecule has 10 heteroatoms. The van der Waals surface area contributed by atoms with Gasteiger partial charge in [0.2, 0.25) is 5.91 Å². The molecular formula is C18H15FN6O3. The van der Waals surface area contributed by atoms with E-state index in [1.165, 1.54) is 35.1 Å². The van der Waals surface area contributed by atoms with E-state index < -0.39 is 17.3 Å². The first-order valence-corrected chi connectivity index (χ1v) is 8.37. The van der Waals surface area contributed by atoms with E-state index in [9.17, 15) is 14.0 Å². The summed E-state index contributed by atoms with van der Waals surface area (Å²) < 4.78 is 20.6. The summed E-state index contributed by atoms with van der Waals surface area (Å²) in [6, 6.07) is 7.15. The molecule has 0 saturated carbocycles. The van der Waals surface area contributed by atoms with Gasteiger partial charge in [0.05, 0.1) is 17.6 Å². The van der Waals surface area contributed by atoms with Gasteiger partial charge in [0.15, 0.2) is 5.82 Å². The summed E-state index contributed by atoms with van der Waals surface area (Å²) in [5.41, 5.74) is 0.819. The number of amides is 1. The number of halogens is 1. The highest BCUT2D eigenvalue weighted by Gasteiger charge is 2.17. The van der Waals surface area contributed by atoms with Gasteiger partial charge < -0.3 is 9.84 Å². The molecule has 0 radical (unpaired) electrons. The average molecular weight is 382 g/mol. The number of fused-ring (bicyclic) bond motifs is 1. The lowest BCUT2D eigenvalue weighted by Gasteiger charge is -2.08. The summed E-state index contributed by atoms with van der Waals surface area (Å²) in [6.45, 7) is 3.10. The molecule has 0 spiro atoms. The smallest absolute Gasteiger partial charge is 0.293 e. The van der Waals surface area contributed by atoms with Gasteiger partial charge in [0.25, 0.3) is 5.56 Å². The van der Waals surface area contributed by atoms with Gasteiger partial charge in [-0.25, -0.2) is 13.8 Å². The Labute approximate surface area is 157 Å². The minimum absolute atomic E-state index is 0.254. The summed E-state index contributed by atoms with van der Waals surface area (Å²) >= 11 is 0. The quantitative estimate of drug-likeness (QED) is 0.578. The summed E-state index contributed by atoms with van der Waals surface area (Å²) in [7, 11) is 0. The first kappa shape index (κ1) is 17.6. The molecule has 4 rings (SSSR count). The van der Waals surface area contributed by atoms with Crippen LogP contribution >= 0.6 is 0 Å². The van der Waals surface area contributed by atoms with Crippen molar-refractivity contribution in [2.45, 2.75) is 20.4 Å². The molecule has 0 atom stereocenters. The van der Waals surface area contributed by atoms with Gasteiger partial charge in [0.1, 0.15) is 23.6 Å². The zero-order valence-electron chi connectivity index (χ0n) is 15.0. The van der Waals surface area contributed by atoms with Crippen LogP contribution in [0.5, 0.6) is 0 Å². The van der Waals surface area contributed by atoms with E-state index in [0.29, 0.717) is 22.5 Å². The van der Waals surface area contributed by atoms with Gasteiger partial charge in [-0.3, -0.25) is 9.59 Å². The maximum absolute atomic E-state index is 13.2. The molecule has 4 aromatic rings. The van der Waals surface area contributed by atoms with Crippen molar-refractivity contribution in [1.82, 2.24) is 24.7 Å². The Morgan fingerprint density at radius 3 is 2.68 bits per heavy atom. The molecule has 1 amide bonds. The number of aryl methyl sites for hydroxylation is 2. The van der Waals surface area contributed by atoms with Crippen molar-refractivity contribution in [3.63, 3.8) is 0 Å². The highest BCUT2D eigenvalue weighted by atomic mass is 19.1. The van der Waals surface area contributed by atoms with Crippen LogP contribution in [0.2, 0.25) is 0 Å². The second-order valence-corrected chi connectivity index (χ2v) is 6.21. The van der Waals surface area contributed by atoms with Crippen molar-refractivity contribution in [2.24, 2.45) is 0 Å². The highest BCUT2D eigenvalue weighted by Crippen LogP contribution is 2.17. The monoisotopic (exact) mass is 382 g/mol. The van der Waals surface area contributed by atoms with Crippen molar-refractivity contribution in [1.29, 1.82) is 0 Å². The lowest BCUT2D eigenvalue weighted by atomic mass is 10.2. The molecule has 0 fully saturated rings. The number of hydrogen-bond acceptors (Lipinski definition) is 6. The molecular weight excluding hydrogens is 367 g/mol. The molecule has 0 unspecified atom stereocenters. The zero-order chi connectivity index (χ0) is 19.8. The molecule has 28 heavy (non-hydrogen) atoms. The van der Waals surface area contributed by atoms with E-state index in [0.717, 1.165) is 4.68 Å². The van der Waals surface area contributed by atoms with Crippen LogP contribution in [-0.2, 0) is 11.3 Å². The molecule has 1 aromatic carbocycles. The van der Waals surface area contributed by atoms with Gasteiger partial charge in [-0.15, -0.1) is 0 Å². The minimum atomic E-state index is -0.492. The fourth-order valence-electron chi connectivity index (χ4n) is 2.85. The van der Waals surface area contributed by atoms with Crippen LogP contribution in [0.3, 0.4) is 0 Å². The van der Waals surface area contributed by atoms with Gasteiger partial charge in [-0.05, 0) is 38.1 Å². The molecule has 9 nitrogen and oxygen atoms in total. The third-order valence-corrected chi connectivity index (χ3v) is 4.13.